The smallest absolute Gasteiger partial charge is 0.154 e. The Hall–Kier alpha value is -0.540. The van der Waals surface area contributed by atoms with Gasteiger partial charge in [-0.25, -0.2) is 8.42 Å². The highest BCUT2D eigenvalue weighted by Gasteiger charge is 2.28. The van der Waals surface area contributed by atoms with E-state index in [4.69, 9.17) is 11.6 Å². The number of halogens is 1. The number of aryl methyl sites for hydroxylation is 2. The molecule has 0 aliphatic heterocycles. The van der Waals surface area contributed by atoms with E-state index in [-0.39, 0.29) is 5.25 Å². The summed E-state index contributed by atoms with van der Waals surface area (Å²) in [6.45, 7) is 1.91. The quantitative estimate of drug-likeness (QED) is 0.776. The highest BCUT2D eigenvalue weighted by molar-refractivity contribution is 7.90. The van der Waals surface area contributed by atoms with Crippen LogP contribution in [0.3, 0.4) is 0 Å². The van der Waals surface area contributed by atoms with Gasteiger partial charge in [0.15, 0.2) is 9.84 Å². The molecule has 1 aromatic rings. The number of sulfone groups is 1. The minimum atomic E-state index is -3.01. The second-order valence-corrected chi connectivity index (χ2v) is 7.15. The predicted octanol–water partition coefficient (Wildman–Crippen LogP) is 3.07. The van der Waals surface area contributed by atoms with Gasteiger partial charge in [0.1, 0.15) is 0 Å². The second-order valence-electron chi connectivity index (χ2n) is 4.51. The fourth-order valence-electron chi connectivity index (χ4n) is 2.34. The molecule has 2 nitrogen and oxygen atoms in total. The van der Waals surface area contributed by atoms with Crippen molar-refractivity contribution in [3.05, 3.63) is 33.8 Å². The van der Waals surface area contributed by atoms with E-state index < -0.39 is 9.84 Å². The molecule has 1 atom stereocenters. The summed E-state index contributed by atoms with van der Waals surface area (Å²) in [7, 11) is -3.01. The summed E-state index contributed by atoms with van der Waals surface area (Å²) in [6, 6.07) is 3.85. The molecule has 88 valence electrons. The lowest BCUT2D eigenvalue weighted by Crippen LogP contribution is -2.18. The molecule has 4 heteroatoms. The van der Waals surface area contributed by atoms with Crippen LogP contribution in [-0.4, -0.2) is 14.7 Å². The minimum Gasteiger partial charge on any atom is -0.228 e. The molecule has 0 heterocycles. The second kappa shape index (κ2) is 4.04. The SMILES string of the molecule is Cc1cc2c(cc1Cl)CCCC2S(C)(=O)=O. The van der Waals surface area contributed by atoms with Crippen molar-refractivity contribution in [1.82, 2.24) is 0 Å². The van der Waals surface area contributed by atoms with Gasteiger partial charge in [-0.2, -0.15) is 0 Å². The van der Waals surface area contributed by atoms with E-state index in [1.807, 2.05) is 19.1 Å². The molecule has 0 saturated carbocycles. The molecule has 0 aromatic heterocycles. The zero-order valence-electron chi connectivity index (χ0n) is 9.46. The molecule has 0 saturated heterocycles. The molecule has 16 heavy (non-hydrogen) atoms. The molecule has 0 bridgehead atoms. The summed E-state index contributed by atoms with van der Waals surface area (Å²) < 4.78 is 23.4. The van der Waals surface area contributed by atoms with Gasteiger partial charge in [0.25, 0.3) is 0 Å². The van der Waals surface area contributed by atoms with E-state index in [1.54, 1.807) is 0 Å². The van der Waals surface area contributed by atoms with Crippen molar-refractivity contribution < 1.29 is 8.42 Å². The fourth-order valence-corrected chi connectivity index (χ4v) is 3.80. The van der Waals surface area contributed by atoms with Gasteiger partial charge in [0.05, 0.1) is 5.25 Å². The van der Waals surface area contributed by atoms with Crippen molar-refractivity contribution in [2.75, 3.05) is 6.26 Å². The molecule has 1 aliphatic carbocycles. The Bertz CT molecular complexity index is 520. The molecule has 0 amide bonds. The van der Waals surface area contributed by atoms with Crippen LogP contribution in [0.25, 0.3) is 0 Å². The Morgan fingerprint density at radius 1 is 1.38 bits per heavy atom. The van der Waals surface area contributed by atoms with Gasteiger partial charge < -0.3 is 0 Å². The van der Waals surface area contributed by atoms with Crippen LogP contribution in [0.15, 0.2) is 12.1 Å². The third-order valence-electron chi connectivity index (χ3n) is 3.20. The largest absolute Gasteiger partial charge is 0.228 e. The van der Waals surface area contributed by atoms with E-state index in [2.05, 4.69) is 0 Å². The van der Waals surface area contributed by atoms with Crippen LogP contribution in [0.1, 0.15) is 34.8 Å². The number of hydrogen-bond acceptors (Lipinski definition) is 2. The third kappa shape index (κ3) is 2.11. The molecule has 0 N–H and O–H groups in total. The first-order chi connectivity index (χ1) is 7.39. The standard InChI is InChI=1S/C12H15ClO2S/c1-8-6-10-9(7-11(8)13)4-3-5-12(10)16(2,14)15/h6-7,12H,3-5H2,1-2H3. The topological polar surface area (TPSA) is 34.1 Å². The van der Waals surface area contributed by atoms with E-state index in [9.17, 15) is 8.42 Å². The van der Waals surface area contributed by atoms with Crippen LogP contribution in [0.5, 0.6) is 0 Å². The molecular weight excluding hydrogens is 244 g/mol. The summed E-state index contributed by atoms with van der Waals surface area (Å²) in [6.07, 6.45) is 3.90. The number of rotatable bonds is 1. The normalized spacial score (nSPS) is 20.6. The van der Waals surface area contributed by atoms with Crippen molar-refractivity contribution in [1.29, 1.82) is 0 Å². The van der Waals surface area contributed by atoms with Crippen molar-refractivity contribution in [3.8, 4) is 0 Å². The van der Waals surface area contributed by atoms with Crippen LogP contribution in [0.4, 0.5) is 0 Å². The van der Waals surface area contributed by atoms with Gasteiger partial charge in [0.2, 0.25) is 0 Å². The van der Waals surface area contributed by atoms with Gasteiger partial charge in [0, 0.05) is 11.3 Å². The molecule has 1 aromatic carbocycles. The number of fused-ring (bicyclic) bond motifs is 1. The highest BCUT2D eigenvalue weighted by Crippen LogP contribution is 2.37. The average molecular weight is 259 g/mol. The van der Waals surface area contributed by atoms with Crippen molar-refractivity contribution in [2.24, 2.45) is 0 Å². The lowest BCUT2D eigenvalue weighted by molar-refractivity contribution is 0.566. The van der Waals surface area contributed by atoms with E-state index >= 15 is 0 Å². The molecule has 2 rings (SSSR count). The molecule has 0 radical (unpaired) electrons. The minimum absolute atomic E-state index is 0.341. The Morgan fingerprint density at radius 3 is 2.69 bits per heavy atom. The van der Waals surface area contributed by atoms with Crippen LogP contribution < -0.4 is 0 Å². The van der Waals surface area contributed by atoms with Crippen molar-refractivity contribution in [3.63, 3.8) is 0 Å². The fraction of sp³-hybridized carbons (Fsp3) is 0.500. The van der Waals surface area contributed by atoms with Gasteiger partial charge >= 0.3 is 0 Å². The van der Waals surface area contributed by atoms with Gasteiger partial charge in [-0.05, 0) is 48.9 Å². The van der Waals surface area contributed by atoms with E-state index in [0.29, 0.717) is 0 Å². The van der Waals surface area contributed by atoms with Crippen molar-refractivity contribution >= 4 is 21.4 Å². The Labute approximate surface area is 102 Å². The first kappa shape index (κ1) is 11.9. The summed E-state index contributed by atoms with van der Waals surface area (Å²) in [4.78, 5) is 0. The lowest BCUT2D eigenvalue weighted by Gasteiger charge is -2.25. The first-order valence-corrected chi connectivity index (χ1v) is 7.70. The molecular formula is C12H15ClO2S. The maximum Gasteiger partial charge on any atom is 0.154 e. The highest BCUT2D eigenvalue weighted by atomic mass is 35.5. The van der Waals surface area contributed by atoms with E-state index in [1.165, 1.54) is 6.26 Å². The monoisotopic (exact) mass is 258 g/mol. The van der Waals surface area contributed by atoms with Crippen LogP contribution in [0.2, 0.25) is 5.02 Å². The van der Waals surface area contributed by atoms with Gasteiger partial charge in [-0.3, -0.25) is 0 Å². The Balaban J connectivity index is 2.59. The zero-order chi connectivity index (χ0) is 11.9. The summed E-state index contributed by atoms with van der Waals surface area (Å²) in [5.41, 5.74) is 3.00. The predicted molar refractivity (Wildman–Crippen MR) is 66.7 cm³/mol. The molecule has 0 spiro atoms. The van der Waals surface area contributed by atoms with Gasteiger partial charge in [-0.15, -0.1) is 0 Å². The number of benzene rings is 1. The number of hydrogen-bond donors (Lipinski definition) is 0. The molecule has 0 fully saturated rings. The Morgan fingerprint density at radius 2 is 2.06 bits per heavy atom. The van der Waals surface area contributed by atoms with Crippen LogP contribution in [-0.2, 0) is 16.3 Å². The summed E-state index contributed by atoms with van der Waals surface area (Å²) >= 11 is 6.06. The lowest BCUT2D eigenvalue weighted by atomic mass is 9.90. The zero-order valence-corrected chi connectivity index (χ0v) is 11.0. The van der Waals surface area contributed by atoms with Crippen LogP contribution >= 0.6 is 11.6 Å². The molecule has 1 aliphatic rings. The van der Waals surface area contributed by atoms with Crippen molar-refractivity contribution in [2.45, 2.75) is 31.4 Å². The maximum atomic E-state index is 11.7. The molecule has 1 unspecified atom stereocenters. The summed E-state index contributed by atoms with van der Waals surface area (Å²) in [5.74, 6) is 0. The summed E-state index contributed by atoms with van der Waals surface area (Å²) in [5, 5.41) is 0.389. The van der Waals surface area contributed by atoms with Crippen LogP contribution in [0, 0.1) is 6.92 Å². The Kier molecular flexibility index (Phi) is 3.01. The first-order valence-electron chi connectivity index (χ1n) is 5.37. The maximum absolute atomic E-state index is 11.7. The van der Waals surface area contributed by atoms with Gasteiger partial charge in [-0.1, -0.05) is 17.7 Å². The third-order valence-corrected chi connectivity index (χ3v) is 5.13. The average Bonchev–Trinajstić information content (AvgIpc) is 2.17. The van der Waals surface area contributed by atoms with E-state index in [0.717, 1.165) is 41.0 Å².